The van der Waals surface area contributed by atoms with Crippen LogP contribution in [0.15, 0.2) is 30.3 Å². The third-order valence-electron chi connectivity index (χ3n) is 2.98. The number of aryl methyl sites for hydroxylation is 1. The van der Waals surface area contributed by atoms with Crippen LogP contribution in [0.4, 0.5) is 0 Å². The second-order valence-corrected chi connectivity index (χ2v) is 5.81. The minimum absolute atomic E-state index is 0.751. The van der Waals surface area contributed by atoms with E-state index in [0.29, 0.717) is 0 Å². The van der Waals surface area contributed by atoms with Gasteiger partial charge in [0.2, 0.25) is 0 Å². The molecule has 3 heteroatoms. The fraction of sp³-hybridized carbons (Fsp3) is 0.357. The Morgan fingerprint density at radius 1 is 1.29 bits per heavy atom. The molecular formula is C14H16N2S. The molecule has 1 aliphatic rings. The second-order valence-electron chi connectivity index (χ2n) is 4.53. The van der Waals surface area contributed by atoms with E-state index < -0.39 is 0 Å². The maximum atomic E-state index is 4.66. The Balaban J connectivity index is 1.86. The van der Waals surface area contributed by atoms with Gasteiger partial charge in [0, 0.05) is 23.0 Å². The molecule has 0 radical (unpaired) electrons. The fourth-order valence-corrected chi connectivity index (χ4v) is 2.84. The maximum absolute atomic E-state index is 4.66. The normalized spacial score (nSPS) is 15.1. The minimum Gasteiger partial charge on any atom is -0.309 e. The van der Waals surface area contributed by atoms with Crippen molar-refractivity contribution in [1.82, 2.24) is 10.3 Å². The summed E-state index contributed by atoms with van der Waals surface area (Å²) in [5.41, 5.74) is 2.38. The number of nitrogens with zero attached hydrogens (tertiary/aromatic N) is 1. The van der Waals surface area contributed by atoms with E-state index in [0.717, 1.165) is 23.3 Å². The molecule has 17 heavy (non-hydrogen) atoms. The van der Waals surface area contributed by atoms with E-state index >= 15 is 0 Å². The lowest BCUT2D eigenvalue weighted by Gasteiger charge is -2.03. The van der Waals surface area contributed by atoms with Crippen LogP contribution in [-0.4, -0.2) is 11.0 Å². The third kappa shape index (κ3) is 2.56. The summed E-state index contributed by atoms with van der Waals surface area (Å²) in [7, 11) is 0. The predicted octanol–water partition coefficient (Wildman–Crippen LogP) is 3.37. The summed E-state index contributed by atoms with van der Waals surface area (Å²) in [5, 5.41) is 4.72. The molecule has 0 unspecified atom stereocenters. The largest absolute Gasteiger partial charge is 0.309 e. The summed E-state index contributed by atoms with van der Waals surface area (Å²) < 4.78 is 0. The van der Waals surface area contributed by atoms with Crippen molar-refractivity contribution in [2.45, 2.75) is 32.4 Å². The molecule has 0 aliphatic heterocycles. The van der Waals surface area contributed by atoms with Crippen LogP contribution < -0.4 is 5.32 Å². The molecule has 1 N–H and O–H groups in total. The van der Waals surface area contributed by atoms with Gasteiger partial charge in [0.1, 0.15) is 0 Å². The molecule has 1 saturated carbocycles. The average molecular weight is 244 g/mol. The number of aromatic nitrogens is 1. The number of benzene rings is 1. The van der Waals surface area contributed by atoms with Crippen LogP contribution in [0.3, 0.4) is 0 Å². The van der Waals surface area contributed by atoms with E-state index in [2.05, 4.69) is 41.5 Å². The summed E-state index contributed by atoms with van der Waals surface area (Å²) in [6.07, 6.45) is 2.66. The molecule has 1 fully saturated rings. The molecule has 2 aromatic rings. The van der Waals surface area contributed by atoms with Gasteiger partial charge >= 0.3 is 0 Å². The van der Waals surface area contributed by atoms with E-state index in [1.54, 1.807) is 11.3 Å². The van der Waals surface area contributed by atoms with Gasteiger partial charge in [-0.25, -0.2) is 4.98 Å². The molecular weight excluding hydrogens is 228 g/mol. The van der Waals surface area contributed by atoms with Gasteiger partial charge in [0.05, 0.1) is 10.7 Å². The van der Waals surface area contributed by atoms with Gasteiger partial charge in [0.15, 0.2) is 0 Å². The van der Waals surface area contributed by atoms with Crippen molar-refractivity contribution in [1.29, 1.82) is 0 Å². The molecule has 0 bridgehead atoms. The number of hydrogen-bond donors (Lipinski definition) is 1. The van der Waals surface area contributed by atoms with Crippen molar-refractivity contribution in [2.75, 3.05) is 0 Å². The van der Waals surface area contributed by atoms with Crippen molar-refractivity contribution < 1.29 is 0 Å². The highest BCUT2D eigenvalue weighted by Crippen LogP contribution is 2.29. The van der Waals surface area contributed by atoms with Crippen LogP contribution in [0.2, 0.25) is 0 Å². The van der Waals surface area contributed by atoms with Crippen LogP contribution >= 0.6 is 11.3 Å². The molecule has 1 heterocycles. The zero-order valence-corrected chi connectivity index (χ0v) is 10.8. The SMILES string of the molecule is Cc1nc(-c2ccccc2)c(CNC2CC2)s1. The summed E-state index contributed by atoms with van der Waals surface area (Å²) in [5.74, 6) is 0. The van der Waals surface area contributed by atoms with Gasteiger partial charge in [-0.15, -0.1) is 11.3 Å². The molecule has 1 aliphatic carbocycles. The second kappa shape index (κ2) is 4.59. The van der Waals surface area contributed by atoms with E-state index in [1.807, 2.05) is 6.07 Å². The molecule has 0 spiro atoms. The van der Waals surface area contributed by atoms with Gasteiger partial charge in [-0.3, -0.25) is 0 Å². The summed E-state index contributed by atoms with van der Waals surface area (Å²) >= 11 is 1.81. The highest BCUT2D eigenvalue weighted by Gasteiger charge is 2.21. The minimum atomic E-state index is 0.751. The molecule has 88 valence electrons. The first-order chi connectivity index (χ1) is 8.33. The number of rotatable bonds is 4. The fourth-order valence-electron chi connectivity index (χ4n) is 1.94. The molecule has 1 aromatic carbocycles. The summed E-state index contributed by atoms with van der Waals surface area (Å²) in [4.78, 5) is 6.02. The van der Waals surface area contributed by atoms with Crippen LogP contribution in [0.1, 0.15) is 22.7 Å². The highest BCUT2D eigenvalue weighted by molar-refractivity contribution is 7.12. The molecule has 1 aromatic heterocycles. The van der Waals surface area contributed by atoms with E-state index in [-0.39, 0.29) is 0 Å². The van der Waals surface area contributed by atoms with Crippen LogP contribution in [0.5, 0.6) is 0 Å². The van der Waals surface area contributed by atoms with Crippen molar-refractivity contribution in [3.8, 4) is 11.3 Å². The Labute approximate surface area is 106 Å². The first kappa shape index (κ1) is 10.9. The van der Waals surface area contributed by atoms with Gasteiger partial charge < -0.3 is 5.32 Å². The van der Waals surface area contributed by atoms with Gasteiger partial charge in [-0.2, -0.15) is 0 Å². The lowest BCUT2D eigenvalue weighted by atomic mass is 10.1. The number of hydrogen-bond acceptors (Lipinski definition) is 3. The maximum Gasteiger partial charge on any atom is 0.0905 e. The zero-order chi connectivity index (χ0) is 11.7. The van der Waals surface area contributed by atoms with Crippen LogP contribution in [0, 0.1) is 6.92 Å². The van der Waals surface area contributed by atoms with Crippen LogP contribution in [-0.2, 0) is 6.54 Å². The molecule has 3 rings (SSSR count). The van der Waals surface area contributed by atoms with Crippen LogP contribution in [0.25, 0.3) is 11.3 Å². The summed E-state index contributed by atoms with van der Waals surface area (Å²) in [6.45, 7) is 3.04. The topological polar surface area (TPSA) is 24.9 Å². The average Bonchev–Trinajstić information content (AvgIpc) is 3.11. The first-order valence-corrected chi connectivity index (χ1v) is 6.89. The first-order valence-electron chi connectivity index (χ1n) is 6.08. The zero-order valence-electron chi connectivity index (χ0n) is 9.94. The number of thiazole rings is 1. The van der Waals surface area contributed by atoms with Crippen molar-refractivity contribution in [3.63, 3.8) is 0 Å². The van der Waals surface area contributed by atoms with Crippen molar-refractivity contribution >= 4 is 11.3 Å². The Hall–Kier alpha value is -1.19. The van der Waals surface area contributed by atoms with Crippen molar-refractivity contribution in [3.05, 3.63) is 40.2 Å². The van der Waals surface area contributed by atoms with Gasteiger partial charge in [-0.05, 0) is 19.8 Å². The number of nitrogens with one attached hydrogen (secondary N) is 1. The van der Waals surface area contributed by atoms with E-state index in [4.69, 9.17) is 0 Å². The van der Waals surface area contributed by atoms with E-state index in [1.165, 1.54) is 23.3 Å². The Morgan fingerprint density at radius 2 is 2.06 bits per heavy atom. The monoisotopic (exact) mass is 244 g/mol. The predicted molar refractivity (Wildman–Crippen MR) is 72.1 cm³/mol. The van der Waals surface area contributed by atoms with Gasteiger partial charge in [-0.1, -0.05) is 30.3 Å². The Bertz CT molecular complexity index is 500. The lowest BCUT2D eigenvalue weighted by molar-refractivity contribution is 0.695. The standard InChI is InChI=1S/C14H16N2S/c1-10-16-14(11-5-3-2-4-6-11)13(17-10)9-15-12-7-8-12/h2-6,12,15H,7-9H2,1H3. The Morgan fingerprint density at radius 3 is 2.76 bits per heavy atom. The lowest BCUT2D eigenvalue weighted by Crippen LogP contribution is -2.14. The van der Waals surface area contributed by atoms with E-state index in [9.17, 15) is 0 Å². The molecule has 0 atom stereocenters. The Kier molecular flexibility index (Phi) is 2.95. The smallest absolute Gasteiger partial charge is 0.0905 e. The molecule has 2 nitrogen and oxygen atoms in total. The highest BCUT2D eigenvalue weighted by atomic mass is 32.1. The van der Waals surface area contributed by atoms with Crippen molar-refractivity contribution in [2.24, 2.45) is 0 Å². The third-order valence-corrected chi connectivity index (χ3v) is 3.95. The molecule has 0 amide bonds. The summed E-state index contributed by atoms with van der Waals surface area (Å²) in [6, 6.07) is 11.2. The van der Waals surface area contributed by atoms with Gasteiger partial charge in [0.25, 0.3) is 0 Å². The quantitative estimate of drug-likeness (QED) is 0.892. The molecule has 0 saturated heterocycles.